The topological polar surface area (TPSA) is 50.7 Å². The van der Waals surface area contributed by atoms with Crippen molar-refractivity contribution in [2.24, 2.45) is 0 Å². The second kappa shape index (κ2) is 5.35. The minimum absolute atomic E-state index is 0.762. The first-order valence-corrected chi connectivity index (χ1v) is 7.58. The van der Waals surface area contributed by atoms with Gasteiger partial charge in [0.05, 0.1) is 10.4 Å². The molecule has 0 saturated heterocycles. The predicted molar refractivity (Wildman–Crippen MR) is 77.3 cm³/mol. The molecule has 0 spiro atoms. The smallest absolute Gasteiger partial charge is 0.171 e. The average molecular weight is 274 g/mol. The lowest BCUT2D eigenvalue weighted by Crippen LogP contribution is -2.20. The monoisotopic (exact) mass is 274 g/mol. The van der Waals surface area contributed by atoms with Crippen molar-refractivity contribution in [3.8, 4) is 10.7 Å². The van der Waals surface area contributed by atoms with Crippen molar-refractivity contribution >= 4 is 11.3 Å². The summed E-state index contributed by atoms with van der Waals surface area (Å²) in [6.07, 6.45) is 5.50. The van der Waals surface area contributed by atoms with E-state index in [1.54, 1.807) is 11.3 Å². The lowest BCUT2D eigenvalue weighted by molar-refractivity contribution is 0.676. The van der Waals surface area contributed by atoms with Crippen LogP contribution in [0.25, 0.3) is 10.7 Å². The van der Waals surface area contributed by atoms with Crippen molar-refractivity contribution in [3.63, 3.8) is 0 Å². The number of rotatable bonds is 5. The molecule has 0 aromatic carbocycles. The predicted octanol–water partition coefficient (Wildman–Crippen LogP) is 2.51. The van der Waals surface area contributed by atoms with Gasteiger partial charge in [0, 0.05) is 23.6 Å². The van der Waals surface area contributed by atoms with Crippen LogP contribution in [-0.4, -0.2) is 27.5 Å². The van der Waals surface area contributed by atoms with Gasteiger partial charge in [0.2, 0.25) is 0 Å². The Labute approximate surface area is 117 Å². The maximum absolute atomic E-state index is 4.62. The molecule has 19 heavy (non-hydrogen) atoms. The summed E-state index contributed by atoms with van der Waals surface area (Å²) < 4.78 is 0. The molecule has 5 heteroatoms. The van der Waals surface area contributed by atoms with E-state index >= 15 is 0 Å². The van der Waals surface area contributed by atoms with Crippen LogP contribution < -0.4 is 5.32 Å². The van der Waals surface area contributed by atoms with Crippen molar-refractivity contribution < 1.29 is 0 Å². The molecular formula is C14H18N4S. The maximum atomic E-state index is 4.62. The van der Waals surface area contributed by atoms with Crippen LogP contribution >= 0.6 is 11.3 Å². The molecule has 0 atom stereocenters. The fourth-order valence-corrected chi connectivity index (χ4v) is 2.78. The Morgan fingerprint density at radius 2 is 2.00 bits per heavy atom. The lowest BCUT2D eigenvalue weighted by Gasteiger charge is -2.10. The lowest BCUT2D eigenvalue weighted by atomic mass is 10.1. The molecule has 4 nitrogen and oxygen atoms in total. The summed E-state index contributed by atoms with van der Waals surface area (Å²) in [6, 6.07) is 0.762. The standard InChI is InChI=1S/C14H18N4S/c1-9-12(5-6-16-11-3-4-11)10(2)18-14(17-9)13-7-15-8-19-13/h7-8,11,16H,3-6H2,1-2H3. The molecule has 2 aromatic heterocycles. The molecule has 0 aliphatic heterocycles. The van der Waals surface area contributed by atoms with Gasteiger partial charge < -0.3 is 5.32 Å². The van der Waals surface area contributed by atoms with Gasteiger partial charge in [0.15, 0.2) is 5.82 Å². The van der Waals surface area contributed by atoms with Crippen LogP contribution in [0.3, 0.4) is 0 Å². The third-order valence-corrected chi connectivity index (χ3v) is 4.23. The molecule has 2 aromatic rings. The number of thiazole rings is 1. The van der Waals surface area contributed by atoms with Gasteiger partial charge in [-0.25, -0.2) is 9.97 Å². The number of nitrogens with zero attached hydrogens (tertiary/aromatic N) is 3. The Hall–Kier alpha value is -1.33. The van der Waals surface area contributed by atoms with Gasteiger partial charge in [-0.2, -0.15) is 0 Å². The van der Waals surface area contributed by atoms with Crippen LogP contribution in [0.15, 0.2) is 11.7 Å². The van der Waals surface area contributed by atoms with E-state index in [9.17, 15) is 0 Å². The molecule has 0 amide bonds. The minimum Gasteiger partial charge on any atom is -0.314 e. The SMILES string of the molecule is Cc1nc(-c2cncs2)nc(C)c1CCNC1CC1. The number of hydrogen-bond donors (Lipinski definition) is 1. The molecule has 0 radical (unpaired) electrons. The Kier molecular flexibility index (Phi) is 3.57. The zero-order chi connectivity index (χ0) is 13.2. The summed E-state index contributed by atoms with van der Waals surface area (Å²) in [7, 11) is 0. The Bertz CT molecular complexity index is 538. The molecule has 1 N–H and O–H groups in total. The van der Waals surface area contributed by atoms with Crippen molar-refractivity contribution in [2.45, 2.75) is 39.2 Å². The Morgan fingerprint density at radius 3 is 2.58 bits per heavy atom. The van der Waals surface area contributed by atoms with Gasteiger partial charge in [-0.3, -0.25) is 4.98 Å². The Morgan fingerprint density at radius 1 is 1.26 bits per heavy atom. The summed E-state index contributed by atoms with van der Waals surface area (Å²) in [4.78, 5) is 14.4. The van der Waals surface area contributed by atoms with Crippen LogP contribution in [0.4, 0.5) is 0 Å². The summed E-state index contributed by atoms with van der Waals surface area (Å²) in [6.45, 7) is 5.17. The van der Waals surface area contributed by atoms with E-state index in [1.807, 2.05) is 11.7 Å². The first kappa shape index (κ1) is 12.7. The molecule has 1 aliphatic carbocycles. The molecule has 100 valence electrons. The molecule has 3 rings (SSSR count). The van der Waals surface area contributed by atoms with Gasteiger partial charge in [0.1, 0.15) is 0 Å². The molecule has 1 saturated carbocycles. The molecule has 1 fully saturated rings. The minimum atomic E-state index is 0.762. The summed E-state index contributed by atoms with van der Waals surface area (Å²) in [5, 5.41) is 3.54. The van der Waals surface area contributed by atoms with Crippen molar-refractivity contribution in [1.82, 2.24) is 20.3 Å². The number of aryl methyl sites for hydroxylation is 2. The van der Waals surface area contributed by atoms with Gasteiger partial charge in [-0.1, -0.05) is 0 Å². The highest BCUT2D eigenvalue weighted by molar-refractivity contribution is 7.13. The zero-order valence-electron chi connectivity index (χ0n) is 11.3. The van der Waals surface area contributed by atoms with Gasteiger partial charge >= 0.3 is 0 Å². The van der Waals surface area contributed by atoms with Crippen molar-refractivity contribution in [1.29, 1.82) is 0 Å². The van der Waals surface area contributed by atoms with Gasteiger partial charge in [-0.05, 0) is 45.2 Å². The second-order valence-electron chi connectivity index (χ2n) is 5.04. The van der Waals surface area contributed by atoms with E-state index in [2.05, 4.69) is 34.1 Å². The maximum Gasteiger partial charge on any atom is 0.171 e. The van der Waals surface area contributed by atoms with Crippen LogP contribution in [0, 0.1) is 13.8 Å². The number of hydrogen-bond acceptors (Lipinski definition) is 5. The summed E-state index contributed by atoms with van der Waals surface area (Å²) >= 11 is 1.58. The molecule has 0 unspecified atom stereocenters. The second-order valence-corrected chi connectivity index (χ2v) is 5.93. The molecular weight excluding hydrogens is 256 g/mol. The third-order valence-electron chi connectivity index (χ3n) is 3.46. The van der Waals surface area contributed by atoms with Crippen LogP contribution in [0.2, 0.25) is 0 Å². The molecule has 0 bridgehead atoms. The van der Waals surface area contributed by atoms with Gasteiger partial charge in [-0.15, -0.1) is 11.3 Å². The highest BCUT2D eigenvalue weighted by atomic mass is 32.1. The number of nitrogens with one attached hydrogen (secondary N) is 1. The fourth-order valence-electron chi connectivity index (χ4n) is 2.23. The normalized spacial score (nSPS) is 14.8. The van der Waals surface area contributed by atoms with E-state index < -0.39 is 0 Å². The average Bonchev–Trinajstić information content (AvgIpc) is 3.04. The van der Waals surface area contributed by atoms with Crippen LogP contribution in [0.1, 0.15) is 29.8 Å². The van der Waals surface area contributed by atoms with Crippen molar-refractivity contribution in [2.75, 3.05) is 6.54 Å². The quantitative estimate of drug-likeness (QED) is 0.910. The Balaban J connectivity index is 1.77. The van der Waals surface area contributed by atoms with Crippen LogP contribution in [0.5, 0.6) is 0 Å². The van der Waals surface area contributed by atoms with E-state index in [4.69, 9.17) is 0 Å². The third kappa shape index (κ3) is 2.98. The fraction of sp³-hybridized carbons (Fsp3) is 0.500. The highest BCUT2D eigenvalue weighted by Gasteiger charge is 2.20. The van der Waals surface area contributed by atoms with Crippen LogP contribution in [-0.2, 0) is 6.42 Å². The highest BCUT2D eigenvalue weighted by Crippen LogP contribution is 2.22. The van der Waals surface area contributed by atoms with E-state index in [0.29, 0.717) is 0 Å². The van der Waals surface area contributed by atoms with Crippen molar-refractivity contribution in [3.05, 3.63) is 28.7 Å². The first-order chi connectivity index (χ1) is 9.24. The molecule has 2 heterocycles. The molecule has 1 aliphatic rings. The summed E-state index contributed by atoms with van der Waals surface area (Å²) in [5.41, 5.74) is 5.28. The van der Waals surface area contributed by atoms with E-state index in [1.165, 1.54) is 18.4 Å². The van der Waals surface area contributed by atoms with E-state index in [0.717, 1.165) is 41.1 Å². The first-order valence-electron chi connectivity index (χ1n) is 6.70. The van der Waals surface area contributed by atoms with E-state index in [-0.39, 0.29) is 0 Å². The summed E-state index contributed by atoms with van der Waals surface area (Å²) in [5.74, 6) is 0.802. The van der Waals surface area contributed by atoms with Gasteiger partial charge in [0.25, 0.3) is 0 Å². The zero-order valence-corrected chi connectivity index (χ0v) is 12.1. The number of aromatic nitrogens is 3. The largest absolute Gasteiger partial charge is 0.314 e.